The van der Waals surface area contributed by atoms with Crippen LogP contribution in [0.15, 0.2) is 48.5 Å². The van der Waals surface area contributed by atoms with Gasteiger partial charge in [-0.25, -0.2) is 9.67 Å². The van der Waals surface area contributed by atoms with Crippen molar-refractivity contribution in [1.82, 2.24) is 30.1 Å². The lowest BCUT2D eigenvalue weighted by atomic mass is 10.0. The largest absolute Gasteiger partial charge is 0.345 e. The van der Waals surface area contributed by atoms with Crippen LogP contribution in [0.1, 0.15) is 54.7 Å². The number of thiazole rings is 1. The molecule has 1 atom stereocenters. The molecule has 170 valence electrons. The van der Waals surface area contributed by atoms with Crippen LogP contribution in [-0.4, -0.2) is 56.3 Å². The minimum atomic E-state index is 0.0683. The van der Waals surface area contributed by atoms with Gasteiger partial charge in [-0.3, -0.25) is 4.90 Å². The summed E-state index contributed by atoms with van der Waals surface area (Å²) in [6, 6.07) is 17.8. The fraction of sp³-hybridized carbons (Fsp3) is 0.440. The third kappa shape index (κ3) is 4.02. The smallest absolute Gasteiger partial charge is 0.186 e. The van der Waals surface area contributed by atoms with Crippen molar-refractivity contribution in [3.8, 4) is 0 Å². The molecule has 0 bridgehead atoms. The van der Waals surface area contributed by atoms with E-state index in [2.05, 4.69) is 85.5 Å². The summed E-state index contributed by atoms with van der Waals surface area (Å²) in [6.45, 7) is 5.94. The van der Waals surface area contributed by atoms with Gasteiger partial charge in [0.25, 0.3) is 0 Å². The third-order valence-electron chi connectivity index (χ3n) is 7.06. The van der Waals surface area contributed by atoms with Gasteiger partial charge in [0.2, 0.25) is 0 Å². The first-order valence-electron chi connectivity index (χ1n) is 12.0. The molecule has 3 heterocycles. The van der Waals surface area contributed by atoms with E-state index in [9.17, 15) is 0 Å². The number of aryl methyl sites for hydroxylation is 1. The number of benzene rings is 2. The van der Waals surface area contributed by atoms with Crippen LogP contribution in [0.3, 0.4) is 0 Å². The van der Waals surface area contributed by atoms with E-state index < -0.39 is 0 Å². The fourth-order valence-electron chi connectivity index (χ4n) is 5.23. The molecular weight excluding hydrogens is 430 g/mol. The van der Waals surface area contributed by atoms with E-state index in [0.29, 0.717) is 6.04 Å². The molecule has 2 aromatic carbocycles. The van der Waals surface area contributed by atoms with Gasteiger partial charge in [0.05, 0.1) is 22.3 Å². The molecule has 1 aliphatic carbocycles. The molecule has 1 saturated heterocycles. The van der Waals surface area contributed by atoms with Crippen LogP contribution in [0.4, 0.5) is 5.13 Å². The molecule has 33 heavy (non-hydrogen) atoms. The summed E-state index contributed by atoms with van der Waals surface area (Å²) in [5.41, 5.74) is 3.63. The number of fused-ring (bicyclic) bond motifs is 1. The van der Waals surface area contributed by atoms with Crippen LogP contribution in [0.2, 0.25) is 0 Å². The Morgan fingerprint density at radius 2 is 1.70 bits per heavy atom. The number of hydrogen-bond donors (Lipinski definition) is 0. The van der Waals surface area contributed by atoms with E-state index >= 15 is 0 Å². The monoisotopic (exact) mass is 459 g/mol. The Morgan fingerprint density at radius 1 is 0.939 bits per heavy atom. The van der Waals surface area contributed by atoms with E-state index in [0.717, 1.165) is 42.7 Å². The third-order valence-corrected chi connectivity index (χ3v) is 8.16. The van der Waals surface area contributed by atoms with Gasteiger partial charge in [-0.2, -0.15) is 0 Å². The van der Waals surface area contributed by atoms with Crippen LogP contribution in [0.25, 0.3) is 10.2 Å². The van der Waals surface area contributed by atoms with Crippen molar-refractivity contribution in [1.29, 1.82) is 0 Å². The standard InChI is InChI=1S/C25H29N7S/c1-18-10-12-19(13-11-18)23(24-27-28-29-32(24)20-6-2-3-7-20)30-14-16-31(17-15-30)25-26-21-8-4-5-9-22(21)33-25/h4-5,8-13,20,23H,2-3,6-7,14-17H2,1H3/t23-/m1/s1. The molecule has 0 spiro atoms. The maximum absolute atomic E-state index is 4.88. The van der Waals surface area contributed by atoms with Gasteiger partial charge in [0.1, 0.15) is 0 Å². The number of tetrazole rings is 1. The zero-order chi connectivity index (χ0) is 22.2. The summed E-state index contributed by atoms with van der Waals surface area (Å²) in [4.78, 5) is 9.85. The molecule has 4 aromatic rings. The van der Waals surface area contributed by atoms with Crippen molar-refractivity contribution in [3.63, 3.8) is 0 Å². The van der Waals surface area contributed by atoms with Crippen LogP contribution in [-0.2, 0) is 0 Å². The molecular formula is C25H29N7S. The van der Waals surface area contributed by atoms with Crippen molar-refractivity contribution in [2.45, 2.75) is 44.7 Å². The van der Waals surface area contributed by atoms with Crippen molar-refractivity contribution in [2.24, 2.45) is 0 Å². The van der Waals surface area contributed by atoms with E-state index in [1.54, 1.807) is 11.3 Å². The second-order valence-electron chi connectivity index (χ2n) is 9.22. The molecule has 2 aromatic heterocycles. The predicted molar refractivity (Wildman–Crippen MR) is 132 cm³/mol. The average Bonchev–Trinajstić information content (AvgIpc) is 3.61. The highest BCUT2D eigenvalue weighted by atomic mass is 32.1. The predicted octanol–water partition coefficient (Wildman–Crippen LogP) is 4.62. The molecule has 1 aliphatic heterocycles. The van der Waals surface area contributed by atoms with Crippen LogP contribution < -0.4 is 4.90 Å². The second kappa shape index (κ2) is 8.83. The average molecular weight is 460 g/mol. The van der Waals surface area contributed by atoms with Gasteiger partial charge in [-0.15, -0.1) is 5.10 Å². The molecule has 6 rings (SSSR count). The molecule has 7 nitrogen and oxygen atoms in total. The van der Waals surface area contributed by atoms with Crippen LogP contribution in [0, 0.1) is 6.92 Å². The summed E-state index contributed by atoms with van der Waals surface area (Å²) < 4.78 is 3.38. The molecule has 0 amide bonds. The second-order valence-corrected chi connectivity index (χ2v) is 10.2. The normalized spacial score (nSPS) is 18.9. The summed E-state index contributed by atoms with van der Waals surface area (Å²) in [5, 5.41) is 14.3. The number of nitrogens with zero attached hydrogens (tertiary/aromatic N) is 7. The van der Waals surface area contributed by atoms with Gasteiger partial charge in [-0.05, 0) is 47.9 Å². The summed E-state index contributed by atoms with van der Waals surface area (Å²) in [7, 11) is 0. The molecule has 0 N–H and O–H groups in total. The van der Waals surface area contributed by atoms with Crippen LogP contribution in [0.5, 0.6) is 0 Å². The van der Waals surface area contributed by atoms with Gasteiger partial charge in [0.15, 0.2) is 11.0 Å². The molecule has 2 fully saturated rings. The Bertz CT molecular complexity index is 1180. The highest BCUT2D eigenvalue weighted by molar-refractivity contribution is 7.22. The Labute approximate surface area is 198 Å². The number of para-hydroxylation sites is 1. The number of anilines is 1. The number of hydrogen-bond acceptors (Lipinski definition) is 7. The summed E-state index contributed by atoms with van der Waals surface area (Å²) >= 11 is 1.79. The molecule has 2 aliphatic rings. The van der Waals surface area contributed by atoms with E-state index in [1.165, 1.54) is 41.5 Å². The number of aromatic nitrogens is 5. The first-order chi connectivity index (χ1) is 16.3. The zero-order valence-electron chi connectivity index (χ0n) is 19.0. The summed E-state index contributed by atoms with van der Waals surface area (Å²) in [5.74, 6) is 0.985. The van der Waals surface area contributed by atoms with Crippen molar-refractivity contribution in [2.75, 3.05) is 31.1 Å². The van der Waals surface area contributed by atoms with Gasteiger partial charge < -0.3 is 4.90 Å². The number of piperazine rings is 1. The minimum absolute atomic E-state index is 0.0683. The Kier molecular flexibility index (Phi) is 5.55. The highest BCUT2D eigenvalue weighted by Gasteiger charge is 2.33. The lowest BCUT2D eigenvalue weighted by Gasteiger charge is -2.39. The Hall–Kier alpha value is -2.84. The maximum atomic E-state index is 4.88. The zero-order valence-corrected chi connectivity index (χ0v) is 19.8. The first kappa shape index (κ1) is 20.7. The quantitative estimate of drug-likeness (QED) is 0.434. The lowest BCUT2D eigenvalue weighted by molar-refractivity contribution is 0.197. The highest BCUT2D eigenvalue weighted by Crippen LogP contribution is 2.35. The fourth-order valence-corrected chi connectivity index (χ4v) is 6.25. The Balaban J connectivity index is 1.28. The minimum Gasteiger partial charge on any atom is -0.345 e. The summed E-state index contributed by atoms with van der Waals surface area (Å²) in [6.07, 6.45) is 4.87. The van der Waals surface area contributed by atoms with Gasteiger partial charge in [-0.1, -0.05) is 66.1 Å². The van der Waals surface area contributed by atoms with E-state index in [-0.39, 0.29) is 6.04 Å². The topological polar surface area (TPSA) is 63.0 Å². The van der Waals surface area contributed by atoms with Gasteiger partial charge in [0, 0.05) is 26.2 Å². The Morgan fingerprint density at radius 3 is 2.45 bits per heavy atom. The molecule has 8 heteroatoms. The van der Waals surface area contributed by atoms with Crippen molar-refractivity contribution >= 4 is 26.7 Å². The molecule has 0 unspecified atom stereocenters. The van der Waals surface area contributed by atoms with Crippen molar-refractivity contribution < 1.29 is 0 Å². The van der Waals surface area contributed by atoms with Gasteiger partial charge >= 0.3 is 0 Å². The van der Waals surface area contributed by atoms with Crippen molar-refractivity contribution in [3.05, 3.63) is 65.5 Å². The maximum Gasteiger partial charge on any atom is 0.186 e. The first-order valence-corrected chi connectivity index (χ1v) is 12.8. The molecule has 0 radical (unpaired) electrons. The van der Waals surface area contributed by atoms with E-state index in [1.807, 2.05) is 0 Å². The van der Waals surface area contributed by atoms with Crippen LogP contribution >= 0.6 is 11.3 Å². The molecule has 1 saturated carbocycles. The SMILES string of the molecule is Cc1ccc([C@H](c2nnnn2C2CCCC2)N2CCN(c3nc4ccccc4s3)CC2)cc1. The van der Waals surface area contributed by atoms with E-state index in [4.69, 9.17) is 4.98 Å². The number of rotatable bonds is 5. The lowest BCUT2D eigenvalue weighted by Crippen LogP contribution is -2.48.